The van der Waals surface area contributed by atoms with E-state index in [1.807, 2.05) is 7.05 Å². The molecule has 0 aliphatic carbocycles. The van der Waals surface area contributed by atoms with Crippen molar-refractivity contribution >= 4 is 15.9 Å². The summed E-state index contributed by atoms with van der Waals surface area (Å²) in [6.07, 6.45) is 0. The Bertz CT molecular complexity index is 925. The zero-order chi connectivity index (χ0) is 19.4. The highest BCUT2D eigenvalue weighted by atomic mass is 32.2. The van der Waals surface area contributed by atoms with E-state index in [0.29, 0.717) is 31.7 Å². The molecule has 2 aromatic carbocycles. The molecule has 1 fully saturated rings. The van der Waals surface area contributed by atoms with Gasteiger partial charge < -0.3 is 10.2 Å². The number of nitrogens with zero attached hydrogens (tertiary/aromatic N) is 2. The van der Waals surface area contributed by atoms with Crippen LogP contribution in [0.3, 0.4) is 0 Å². The predicted octanol–water partition coefficient (Wildman–Crippen LogP) is 1.69. The predicted molar refractivity (Wildman–Crippen MR) is 100 cm³/mol. The smallest absolute Gasteiger partial charge is 0.251 e. The highest BCUT2D eigenvalue weighted by molar-refractivity contribution is 7.89. The van der Waals surface area contributed by atoms with Gasteiger partial charge in [-0.3, -0.25) is 4.79 Å². The summed E-state index contributed by atoms with van der Waals surface area (Å²) in [5.74, 6) is -0.849. The number of rotatable bonds is 5. The molecule has 8 heteroatoms. The summed E-state index contributed by atoms with van der Waals surface area (Å²) in [4.78, 5) is 14.5. The average molecular weight is 391 g/mol. The fourth-order valence-electron chi connectivity index (χ4n) is 2.89. The third-order valence-electron chi connectivity index (χ3n) is 4.59. The number of hydrogen-bond acceptors (Lipinski definition) is 4. The first kappa shape index (κ1) is 19.5. The van der Waals surface area contributed by atoms with Crippen LogP contribution in [0.2, 0.25) is 0 Å². The Morgan fingerprint density at radius 3 is 2.48 bits per heavy atom. The quantitative estimate of drug-likeness (QED) is 0.842. The van der Waals surface area contributed by atoms with Crippen molar-refractivity contribution in [3.63, 3.8) is 0 Å². The van der Waals surface area contributed by atoms with Crippen molar-refractivity contribution in [2.75, 3.05) is 33.2 Å². The number of piperazine rings is 1. The molecule has 6 nitrogen and oxygen atoms in total. The molecule has 1 heterocycles. The van der Waals surface area contributed by atoms with Gasteiger partial charge in [-0.25, -0.2) is 12.8 Å². The molecule has 27 heavy (non-hydrogen) atoms. The molecular weight excluding hydrogens is 369 g/mol. The molecule has 1 N–H and O–H groups in total. The minimum absolute atomic E-state index is 0.0287. The van der Waals surface area contributed by atoms with E-state index in [4.69, 9.17) is 0 Å². The molecule has 144 valence electrons. The van der Waals surface area contributed by atoms with Crippen LogP contribution in [0.4, 0.5) is 4.39 Å². The minimum atomic E-state index is -3.65. The molecule has 1 aliphatic heterocycles. The van der Waals surface area contributed by atoms with E-state index in [1.165, 1.54) is 22.5 Å². The van der Waals surface area contributed by atoms with E-state index in [1.54, 1.807) is 30.3 Å². The lowest BCUT2D eigenvalue weighted by atomic mass is 10.2. The van der Waals surface area contributed by atoms with E-state index in [2.05, 4.69) is 10.2 Å². The normalized spacial score (nSPS) is 16.2. The van der Waals surface area contributed by atoms with Gasteiger partial charge in [-0.15, -0.1) is 0 Å². The second-order valence-corrected chi connectivity index (χ2v) is 8.45. The van der Waals surface area contributed by atoms with Crippen LogP contribution in [0.5, 0.6) is 0 Å². The zero-order valence-electron chi connectivity index (χ0n) is 15.1. The number of sulfonamides is 1. The topological polar surface area (TPSA) is 69.7 Å². The second-order valence-electron chi connectivity index (χ2n) is 6.51. The zero-order valence-corrected chi connectivity index (χ0v) is 15.9. The highest BCUT2D eigenvalue weighted by Gasteiger charge is 2.27. The van der Waals surface area contributed by atoms with Crippen molar-refractivity contribution in [3.8, 4) is 0 Å². The van der Waals surface area contributed by atoms with Crippen LogP contribution in [0.15, 0.2) is 53.4 Å². The molecule has 0 aromatic heterocycles. The third-order valence-corrected chi connectivity index (χ3v) is 6.49. The van der Waals surface area contributed by atoms with Gasteiger partial charge in [-0.2, -0.15) is 4.31 Å². The number of carbonyl (C=O) groups excluding carboxylic acids is 1. The van der Waals surface area contributed by atoms with E-state index >= 15 is 0 Å². The third kappa shape index (κ3) is 4.52. The molecule has 0 bridgehead atoms. The molecule has 0 atom stereocenters. The van der Waals surface area contributed by atoms with Crippen molar-refractivity contribution in [1.29, 1.82) is 0 Å². The molecule has 0 saturated carbocycles. The Morgan fingerprint density at radius 1 is 1.07 bits per heavy atom. The number of hydrogen-bond donors (Lipinski definition) is 1. The lowest BCUT2D eigenvalue weighted by Gasteiger charge is -2.31. The summed E-state index contributed by atoms with van der Waals surface area (Å²) in [7, 11) is -1.70. The summed E-state index contributed by atoms with van der Waals surface area (Å²) < 4.78 is 40.7. The van der Waals surface area contributed by atoms with E-state index < -0.39 is 21.7 Å². The molecule has 1 aliphatic rings. The van der Waals surface area contributed by atoms with Crippen LogP contribution in [0.1, 0.15) is 15.9 Å². The van der Waals surface area contributed by atoms with Gasteiger partial charge in [0, 0.05) is 43.9 Å². The Hall–Kier alpha value is -2.29. The maximum absolute atomic E-state index is 13.7. The molecule has 3 rings (SSSR count). The fraction of sp³-hybridized carbons (Fsp3) is 0.316. The molecule has 1 amide bonds. The summed E-state index contributed by atoms with van der Waals surface area (Å²) in [6, 6.07) is 12.1. The van der Waals surface area contributed by atoms with Crippen LogP contribution in [0, 0.1) is 5.82 Å². The van der Waals surface area contributed by atoms with E-state index in [9.17, 15) is 17.6 Å². The Labute approximate surface area is 158 Å². The number of benzene rings is 2. The molecule has 1 saturated heterocycles. The molecule has 0 radical (unpaired) electrons. The molecule has 0 unspecified atom stereocenters. The van der Waals surface area contributed by atoms with Gasteiger partial charge in [-0.05, 0) is 31.3 Å². The Balaban J connectivity index is 1.73. The monoisotopic (exact) mass is 391 g/mol. The number of amides is 1. The molecule has 0 spiro atoms. The molecule has 2 aromatic rings. The highest BCUT2D eigenvalue weighted by Crippen LogP contribution is 2.19. The lowest BCUT2D eigenvalue weighted by Crippen LogP contribution is -2.47. The van der Waals surface area contributed by atoms with Gasteiger partial charge in [0.25, 0.3) is 5.91 Å². The van der Waals surface area contributed by atoms with Gasteiger partial charge >= 0.3 is 0 Å². The second kappa shape index (κ2) is 8.16. The Morgan fingerprint density at radius 2 is 1.78 bits per heavy atom. The molecular formula is C19H22FN3O3S. The van der Waals surface area contributed by atoms with Crippen LogP contribution < -0.4 is 5.32 Å². The van der Waals surface area contributed by atoms with Gasteiger partial charge in [0.15, 0.2) is 0 Å². The summed E-state index contributed by atoms with van der Waals surface area (Å²) >= 11 is 0. The van der Waals surface area contributed by atoms with Crippen molar-refractivity contribution < 1.29 is 17.6 Å². The SMILES string of the molecule is CN1CCN(S(=O)(=O)c2cccc(C(=O)NCc3ccccc3F)c2)CC1. The number of carbonyl (C=O) groups is 1. The number of nitrogens with one attached hydrogen (secondary N) is 1. The standard InChI is InChI=1S/C19H22FN3O3S/c1-22-9-11-23(12-10-22)27(25,26)17-7-4-6-15(13-17)19(24)21-14-16-5-2-3-8-18(16)20/h2-8,13H,9-12,14H2,1H3,(H,21,24). The fourth-order valence-corrected chi connectivity index (χ4v) is 4.36. The van der Waals surface area contributed by atoms with Crippen LogP contribution in [0.25, 0.3) is 0 Å². The maximum Gasteiger partial charge on any atom is 0.251 e. The van der Waals surface area contributed by atoms with E-state index in [-0.39, 0.29) is 17.0 Å². The number of halogens is 1. The Kier molecular flexibility index (Phi) is 5.88. The lowest BCUT2D eigenvalue weighted by molar-refractivity contribution is 0.0950. The average Bonchev–Trinajstić information content (AvgIpc) is 2.67. The first-order chi connectivity index (χ1) is 12.9. The van der Waals surface area contributed by atoms with Crippen molar-refractivity contribution in [2.45, 2.75) is 11.4 Å². The first-order valence-electron chi connectivity index (χ1n) is 8.68. The van der Waals surface area contributed by atoms with E-state index in [0.717, 1.165) is 0 Å². The van der Waals surface area contributed by atoms with Gasteiger partial charge in [0.05, 0.1) is 4.90 Å². The van der Waals surface area contributed by atoms with Gasteiger partial charge in [0.1, 0.15) is 5.82 Å². The largest absolute Gasteiger partial charge is 0.348 e. The van der Waals surface area contributed by atoms with Crippen LogP contribution in [-0.4, -0.2) is 56.8 Å². The summed E-state index contributed by atoms with van der Waals surface area (Å²) in [5.41, 5.74) is 0.591. The number of likely N-dealkylation sites (N-methyl/N-ethyl adjacent to an activating group) is 1. The summed E-state index contributed by atoms with van der Waals surface area (Å²) in [6.45, 7) is 2.20. The maximum atomic E-state index is 13.7. The van der Waals surface area contributed by atoms with Crippen LogP contribution in [-0.2, 0) is 16.6 Å². The van der Waals surface area contributed by atoms with Crippen molar-refractivity contribution in [2.24, 2.45) is 0 Å². The van der Waals surface area contributed by atoms with Gasteiger partial charge in [0.2, 0.25) is 10.0 Å². The van der Waals surface area contributed by atoms with Crippen LogP contribution >= 0.6 is 0 Å². The van der Waals surface area contributed by atoms with Crippen molar-refractivity contribution in [1.82, 2.24) is 14.5 Å². The first-order valence-corrected chi connectivity index (χ1v) is 10.1. The van der Waals surface area contributed by atoms with Gasteiger partial charge in [-0.1, -0.05) is 24.3 Å². The van der Waals surface area contributed by atoms with Crippen molar-refractivity contribution in [3.05, 3.63) is 65.5 Å². The summed E-state index contributed by atoms with van der Waals surface area (Å²) in [5, 5.41) is 2.63. The minimum Gasteiger partial charge on any atom is -0.348 e.